The number of anilines is 6. The molecule has 13 rings (SSSR count). The Labute approximate surface area is 483 Å². The van der Waals surface area contributed by atoms with Gasteiger partial charge in [-0.1, -0.05) is 229 Å². The van der Waals surface area contributed by atoms with Crippen LogP contribution in [0.3, 0.4) is 0 Å². The maximum absolute atomic E-state index is 7.45. The van der Waals surface area contributed by atoms with Crippen LogP contribution >= 0.6 is 11.3 Å². The summed E-state index contributed by atoms with van der Waals surface area (Å²) in [5.41, 5.74) is 19.8. The molecule has 0 amide bonds. The summed E-state index contributed by atoms with van der Waals surface area (Å²) < 4.78 is 9.96. The zero-order chi connectivity index (χ0) is 56.4. The summed E-state index contributed by atoms with van der Waals surface area (Å²) in [6.45, 7) is 27.5. The number of nitrogens with zero attached hydrogens (tertiary/aromatic N) is 2. The van der Waals surface area contributed by atoms with Crippen LogP contribution < -0.4 is 9.80 Å². The lowest BCUT2D eigenvalue weighted by atomic mass is 9.67. The first-order valence-electron chi connectivity index (χ1n) is 28.8. The molecule has 0 aliphatic heterocycles. The van der Waals surface area contributed by atoms with Crippen LogP contribution in [0.5, 0.6) is 0 Å². The first kappa shape index (κ1) is 52.2. The average Bonchev–Trinajstić information content (AvgIpc) is 2.21. The molecule has 1 aliphatic carbocycles. The normalized spacial score (nSPS) is 13.5. The predicted molar refractivity (Wildman–Crippen MR) is 348 cm³/mol. The molecule has 0 saturated carbocycles. The third kappa shape index (κ3) is 8.60. The van der Waals surface area contributed by atoms with E-state index in [0.717, 1.165) is 56.1 Å². The van der Waals surface area contributed by atoms with Crippen LogP contribution in [0.25, 0.3) is 53.2 Å². The Morgan fingerprint density at radius 1 is 0.358 bits per heavy atom. The van der Waals surface area contributed by atoms with Crippen LogP contribution in [0, 0.1) is 0 Å². The molecule has 402 valence electrons. The highest BCUT2D eigenvalue weighted by molar-refractivity contribution is 7.26. The lowest BCUT2D eigenvalue weighted by molar-refractivity contribution is 0.590. The zero-order valence-electron chi connectivity index (χ0n) is 49.0. The van der Waals surface area contributed by atoms with Gasteiger partial charge < -0.3 is 14.2 Å². The van der Waals surface area contributed by atoms with Crippen molar-refractivity contribution >= 4 is 87.6 Å². The molecule has 0 radical (unpaired) electrons. The molecule has 0 bridgehead atoms. The standard InChI is InChI=1S/C77H72N2OS/c1-73(2,3)49-31-39-55(40-32-49)78(56-41-33-50(34-42-56)74(4,5)6)63-47-62-70(72-67(63)60-28-20-22-30-66(60)81-72)69-61(77(62,53-23-15-13-16-24-53)54-25-17-14-18-26-54)48-64(71-68(69)59-27-19-21-29-65(59)80-71)79(57-43-35-51(36-44-57)75(7,8)9)58-45-37-52(38-46-58)76(10,11)12/h13-48H,1-12H3. The number of thiophene rings is 1. The Balaban J connectivity index is 1.22. The predicted octanol–water partition coefficient (Wildman–Crippen LogP) is 22.4. The van der Waals surface area contributed by atoms with Crippen molar-refractivity contribution in [3.8, 4) is 11.1 Å². The summed E-state index contributed by atoms with van der Waals surface area (Å²) in [6.07, 6.45) is 0. The van der Waals surface area contributed by atoms with E-state index in [4.69, 9.17) is 4.42 Å². The summed E-state index contributed by atoms with van der Waals surface area (Å²) in [5, 5.41) is 4.69. The molecule has 2 aromatic heterocycles. The molecule has 0 fully saturated rings. The van der Waals surface area contributed by atoms with Gasteiger partial charge in [0.15, 0.2) is 5.58 Å². The van der Waals surface area contributed by atoms with Gasteiger partial charge in [0.1, 0.15) is 5.58 Å². The first-order valence-corrected chi connectivity index (χ1v) is 29.6. The monoisotopic (exact) mass is 1070 g/mol. The Morgan fingerprint density at radius 3 is 1.17 bits per heavy atom. The molecular weight excluding hydrogens is 1000 g/mol. The Hall–Kier alpha value is -8.18. The van der Waals surface area contributed by atoms with Gasteiger partial charge in [-0.3, -0.25) is 0 Å². The van der Waals surface area contributed by atoms with E-state index >= 15 is 0 Å². The van der Waals surface area contributed by atoms with Gasteiger partial charge in [0.25, 0.3) is 0 Å². The molecule has 0 N–H and O–H groups in total. The highest BCUT2D eigenvalue weighted by atomic mass is 32.1. The minimum absolute atomic E-state index is 0.0123. The number of hydrogen-bond acceptors (Lipinski definition) is 4. The summed E-state index contributed by atoms with van der Waals surface area (Å²) in [5.74, 6) is 0. The van der Waals surface area contributed by atoms with Crippen LogP contribution in [0.1, 0.15) is 128 Å². The van der Waals surface area contributed by atoms with Crippen LogP contribution in [0.15, 0.2) is 223 Å². The van der Waals surface area contributed by atoms with E-state index < -0.39 is 5.41 Å². The summed E-state index contributed by atoms with van der Waals surface area (Å²) in [4.78, 5) is 5.00. The fourth-order valence-electron chi connectivity index (χ4n) is 12.8. The largest absolute Gasteiger partial charge is 0.454 e. The Morgan fingerprint density at radius 2 is 0.728 bits per heavy atom. The number of benzene rings is 10. The van der Waals surface area contributed by atoms with Crippen molar-refractivity contribution in [3.63, 3.8) is 0 Å². The third-order valence-electron chi connectivity index (χ3n) is 17.2. The quantitative estimate of drug-likeness (QED) is 0.151. The summed E-state index contributed by atoms with van der Waals surface area (Å²) in [7, 11) is 0. The molecule has 0 spiro atoms. The highest BCUT2D eigenvalue weighted by Crippen LogP contribution is 2.65. The van der Waals surface area contributed by atoms with E-state index in [9.17, 15) is 0 Å². The molecule has 0 atom stereocenters. The number of fused-ring (bicyclic) bond motifs is 11. The smallest absolute Gasteiger partial charge is 0.160 e. The van der Waals surface area contributed by atoms with E-state index in [2.05, 4.69) is 311 Å². The molecule has 10 aromatic carbocycles. The van der Waals surface area contributed by atoms with Crippen molar-refractivity contribution in [2.45, 2.75) is 110 Å². The second-order valence-corrected chi connectivity index (χ2v) is 27.6. The van der Waals surface area contributed by atoms with Crippen LogP contribution in [-0.4, -0.2) is 0 Å². The SMILES string of the molecule is CC(C)(C)c1ccc(N(c2ccc(C(C)(C)C)cc2)c2cc3c(c4c2oc2ccccc24)-c2c(cc(N(c4ccc(C(C)(C)C)cc4)c4ccc(C(C)(C)C)cc4)c4c2sc2ccccc24)C3(c2ccccc2)c2ccccc2)cc1. The van der Waals surface area contributed by atoms with E-state index in [1.807, 2.05) is 11.3 Å². The van der Waals surface area contributed by atoms with Gasteiger partial charge in [-0.2, -0.15) is 0 Å². The Kier molecular flexibility index (Phi) is 12.2. The molecule has 81 heavy (non-hydrogen) atoms. The minimum Gasteiger partial charge on any atom is -0.454 e. The van der Waals surface area contributed by atoms with Crippen molar-refractivity contribution in [1.29, 1.82) is 0 Å². The maximum Gasteiger partial charge on any atom is 0.160 e. The first-order chi connectivity index (χ1) is 38.7. The number of hydrogen-bond donors (Lipinski definition) is 0. The average molecular weight is 1070 g/mol. The molecule has 1 aliphatic rings. The van der Waals surface area contributed by atoms with Crippen LogP contribution in [0.4, 0.5) is 34.1 Å². The van der Waals surface area contributed by atoms with Crippen LogP contribution in [0.2, 0.25) is 0 Å². The van der Waals surface area contributed by atoms with E-state index in [0.29, 0.717) is 0 Å². The van der Waals surface area contributed by atoms with Crippen molar-refractivity contribution in [2.24, 2.45) is 0 Å². The molecule has 0 saturated heterocycles. The lowest BCUT2D eigenvalue weighted by Gasteiger charge is -2.36. The van der Waals surface area contributed by atoms with Crippen molar-refractivity contribution in [3.05, 3.63) is 263 Å². The molecule has 3 nitrogen and oxygen atoms in total. The van der Waals surface area contributed by atoms with Gasteiger partial charge in [-0.15, -0.1) is 11.3 Å². The number of furan rings is 1. The second kappa shape index (κ2) is 19.0. The minimum atomic E-state index is -0.816. The van der Waals surface area contributed by atoms with Crippen molar-refractivity contribution in [2.75, 3.05) is 9.80 Å². The fourth-order valence-corrected chi connectivity index (χ4v) is 14.1. The molecule has 12 aromatic rings. The van der Waals surface area contributed by atoms with Crippen molar-refractivity contribution < 1.29 is 4.42 Å². The number of rotatable bonds is 8. The van der Waals surface area contributed by atoms with Gasteiger partial charge in [0, 0.05) is 64.8 Å². The van der Waals surface area contributed by atoms with Gasteiger partial charge in [-0.25, -0.2) is 0 Å². The lowest BCUT2D eigenvalue weighted by Crippen LogP contribution is -2.29. The van der Waals surface area contributed by atoms with Gasteiger partial charge in [0.05, 0.1) is 16.8 Å². The van der Waals surface area contributed by atoms with Crippen LogP contribution in [-0.2, 0) is 27.1 Å². The molecule has 4 heteroatoms. The number of para-hydroxylation sites is 1. The third-order valence-corrected chi connectivity index (χ3v) is 18.4. The fraction of sp³-hybridized carbons (Fsp3) is 0.221. The van der Waals surface area contributed by atoms with Gasteiger partial charge in [0.2, 0.25) is 0 Å². The molecule has 2 heterocycles. The maximum atomic E-state index is 7.45. The van der Waals surface area contributed by atoms with Gasteiger partial charge in [-0.05, 0) is 139 Å². The summed E-state index contributed by atoms with van der Waals surface area (Å²) >= 11 is 1.91. The second-order valence-electron chi connectivity index (χ2n) is 26.6. The van der Waals surface area contributed by atoms with E-state index in [1.165, 1.54) is 75.8 Å². The Bertz CT molecular complexity index is 4170. The molecular formula is C77H72N2OS. The highest BCUT2D eigenvalue weighted by Gasteiger charge is 2.50. The molecule has 0 unspecified atom stereocenters. The van der Waals surface area contributed by atoms with Crippen molar-refractivity contribution in [1.82, 2.24) is 0 Å². The summed E-state index contributed by atoms with van der Waals surface area (Å²) in [6, 6.07) is 82.7. The van der Waals surface area contributed by atoms with E-state index in [-0.39, 0.29) is 21.7 Å². The van der Waals surface area contributed by atoms with E-state index in [1.54, 1.807) is 0 Å². The van der Waals surface area contributed by atoms with Gasteiger partial charge >= 0.3 is 0 Å². The topological polar surface area (TPSA) is 19.6 Å². The zero-order valence-corrected chi connectivity index (χ0v) is 49.8.